The lowest BCUT2D eigenvalue weighted by molar-refractivity contribution is 0.244. The molecule has 0 saturated carbocycles. The van der Waals surface area contributed by atoms with Crippen LogP contribution in [0.5, 0.6) is 0 Å². The number of benzene rings is 1. The molecular weight excluding hydrogens is 304 g/mol. The fourth-order valence-electron chi connectivity index (χ4n) is 2.71. The van der Waals surface area contributed by atoms with Gasteiger partial charge < -0.3 is 4.52 Å². The maximum absolute atomic E-state index is 12.4. The van der Waals surface area contributed by atoms with Gasteiger partial charge in [-0.3, -0.25) is 4.90 Å². The Morgan fingerprint density at radius 1 is 1.32 bits per heavy atom. The molecule has 1 aliphatic rings. The van der Waals surface area contributed by atoms with Crippen molar-refractivity contribution >= 4 is 10.0 Å². The van der Waals surface area contributed by atoms with Gasteiger partial charge in [0.15, 0.2) is 5.82 Å². The van der Waals surface area contributed by atoms with Crippen molar-refractivity contribution in [2.75, 3.05) is 13.6 Å². The number of hydrogen-bond acceptors (Lipinski definition) is 6. The molecule has 1 aromatic heterocycles. The summed E-state index contributed by atoms with van der Waals surface area (Å²) in [5, 5.41) is 3.79. The van der Waals surface area contributed by atoms with E-state index >= 15 is 0 Å². The SMILES string of the molecule is Cc1noc(C2CC(NS(=O)(=O)c3ccccc3)CN2C)n1. The summed E-state index contributed by atoms with van der Waals surface area (Å²) in [5.41, 5.74) is 0. The average molecular weight is 322 g/mol. The minimum atomic E-state index is -3.51. The van der Waals surface area contributed by atoms with E-state index in [0.29, 0.717) is 24.7 Å². The van der Waals surface area contributed by atoms with Crippen LogP contribution in [0.3, 0.4) is 0 Å². The van der Waals surface area contributed by atoms with Crippen LogP contribution in [-0.2, 0) is 10.0 Å². The molecular formula is C14H18N4O3S. The number of rotatable bonds is 4. The summed E-state index contributed by atoms with van der Waals surface area (Å²) in [5.74, 6) is 1.11. The highest BCUT2D eigenvalue weighted by atomic mass is 32.2. The molecule has 1 saturated heterocycles. The smallest absolute Gasteiger partial charge is 0.244 e. The molecule has 2 unspecified atom stereocenters. The molecule has 0 radical (unpaired) electrons. The number of nitrogens with zero attached hydrogens (tertiary/aromatic N) is 3. The fraction of sp³-hybridized carbons (Fsp3) is 0.429. The number of nitrogens with one attached hydrogen (secondary N) is 1. The molecule has 0 amide bonds. The Morgan fingerprint density at radius 3 is 2.68 bits per heavy atom. The van der Waals surface area contributed by atoms with Crippen LogP contribution >= 0.6 is 0 Å². The maximum atomic E-state index is 12.4. The van der Waals surface area contributed by atoms with Crippen LogP contribution < -0.4 is 4.72 Å². The first-order chi connectivity index (χ1) is 10.5. The van der Waals surface area contributed by atoms with E-state index in [1.807, 2.05) is 11.9 Å². The molecule has 7 nitrogen and oxygen atoms in total. The van der Waals surface area contributed by atoms with Crippen molar-refractivity contribution in [2.45, 2.75) is 30.3 Å². The maximum Gasteiger partial charge on any atom is 0.244 e. The molecule has 0 bridgehead atoms. The molecule has 1 N–H and O–H groups in total. The third-order valence-electron chi connectivity index (χ3n) is 3.75. The van der Waals surface area contributed by atoms with E-state index in [4.69, 9.17) is 4.52 Å². The zero-order valence-corrected chi connectivity index (χ0v) is 13.2. The first-order valence-corrected chi connectivity index (χ1v) is 8.52. The number of sulfonamides is 1. The number of hydrogen-bond donors (Lipinski definition) is 1. The van der Waals surface area contributed by atoms with E-state index in [1.54, 1.807) is 37.3 Å². The second kappa shape index (κ2) is 5.79. The highest BCUT2D eigenvalue weighted by Crippen LogP contribution is 2.30. The van der Waals surface area contributed by atoms with Gasteiger partial charge in [-0.25, -0.2) is 13.1 Å². The van der Waals surface area contributed by atoms with Crippen LogP contribution in [0.2, 0.25) is 0 Å². The second-order valence-corrected chi connectivity index (χ2v) is 7.22. The van der Waals surface area contributed by atoms with E-state index < -0.39 is 10.0 Å². The van der Waals surface area contributed by atoms with E-state index in [0.717, 1.165) is 0 Å². The van der Waals surface area contributed by atoms with Crippen LogP contribution in [0.1, 0.15) is 24.2 Å². The largest absolute Gasteiger partial charge is 0.338 e. The highest BCUT2D eigenvalue weighted by molar-refractivity contribution is 7.89. The van der Waals surface area contributed by atoms with Crippen molar-refractivity contribution in [2.24, 2.45) is 0 Å². The van der Waals surface area contributed by atoms with Gasteiger partial charge in [-0.1, -0.05) is 23.4 Å². The molecule has 1 aromatic carbocycles. The quantitative estimate of drug-likeness (QED) is 0.907. The molecule has 118 valence electrons. The van der Waals surface area contributed by atoms with Gasteiger partial charge in [0.05, 0.1) is 10.9 Å². The van der Waals surface area contributed by atoms with E-state index in [-0.39, 0.29) is 17.0 Å². The Labute approximate surface area is 129 Å². The van der Waals surface area contributed by atoms with E-state index in [2.05, 4.69) is 14.9 Å². The van der Waals surface area contributed by atoms with Gasteiger partial charge in [0.25, 0.3) is 0 Å². The van der Waals surface area contributed by atoms with Gasteiger partial charge in [0, 0.05) is 12.6 Å². The fourth-order valence-corrected chi connectivity index (χ4v) is 3.97. The summed E-state index contributed by atoms with van der Waals surface area (Å²) < 4.78 is 32.7. The number of aromatic nitrogens is 2. The summed E-state index contributed by atoms with van der Waals surface area (Å²) in [4.78, 5) is 6.53. The van der Waals surface area contributed by atoms with Gasteiger partial charge in [0.1, 0.15) is 0 Å². The third-order valence-corrected chi connectivity index (χ3v) is 5.29. The van der Waals surface area contributed by atoms with Crippen LogP contribution in [0.25, 0.3) is 0 Å². The van der Waals surface area contributed by atoms with Crippen LogP contribution in [0.4, 0.5) is 0 Å². The summed E-state index contributed by atoms with van der Waals surface area (Å²) in [6.45, 7) is 2.36. The monoisotopic (exact) mass is 322 g/mol. The lowest BCUT2D eigenvalue weighted by atomic mass is 10.2. The summed E-state index contributed by atoms with van der Waals surface area (Å²) in [6, 6.07) is 8.12. The molecule has 3 rings (SSSR count). The predicted octanol–water partition coefficient (Wildman–Crippen LogP) is 1.10. The van der Waals surface area contributed by atoms with Gasteiger partial charge in [-0.15, -0.1) is 0 Å². The van der Waals surface area contributed by atoms with Crippen molar-refractivity contribution in [3.63, 3.8) is 0 Å². The summed E-state index contributed by atoms with van der Waals surface area (Å²) >= 11 is 0. The van der Waals surface area contributed by atoms with Crippen LogP contribution in [0, 0.1) is 6.92 Å². The Morgan fingerprint density at radius 2 is 2.05 bits per heavy atom. The third kappa shape index (κ3) is 3.03. The van der Waals surface area contributed by atoms with Crippen molar-refractivity contribution < 1.29 is 12.9 Å². The Hall–Kier alpha value is -1.77. The topological polar surface area (TPSA) is 88.3 Å². The molecule has 1 fully saturated rings. The first kappa shape index (κ1) is 15.1. The zero-order chi connectivity index (χ0) is 15.7. The predicted molar refractivity (Wildman–Crippen MR) is 79.6 cm³/mol. The van der Waals surface area contributed by atoms with Crippen molar-refractivity contribution in [1.82, 2.24) is 19.8 Å². The summed E-state index contributed by atoms with van der Waals surface area (Å²) in [7, 11) is -1.59. The molecule has 2 heterocycles. The van der Waals surface area contributed by atoms with E-state index in [9.17, 15) is 8.42 Å². The lowest BCUT2D eigenvalue weighted by Crippen LogP contribution is -2.36. The molecule has 22 heavy (non-hydrogen) atoms. The van der Waals surface area contributed by atoms with E-state index in [1.165, 1.54) is 0 Å². The number of aryl methyl sites for hydroxylation is 1. The molecule has 8 heteroatoms. The van der Waals surface area contributed by atoms with Gasteiger partial charge in [-0.2, -0.15) is 4.98 Å². The number of likely N-dealkylation sites (tertiary alicyclic amines) is 1. The molecule has 2 atom stereocenters. The normalized spacial score (nSPS) is 23.0. The molecule has 1 aliphatic heterocycles. The molecule has 0 aliphatic carbocycles. The van der Waals surface area contributed by atoms with Crippen LogP contribution in [-0.4, -0.2) is 43.1 Å². The van der Waals surface area contributed by atoms with Crippen molar-refractivity contribution in [3.05, 3.63) is 42.0 Å². The van der Waals surface area contributed by atoms with Gasteiger partial charge in [-0.05, 0) is 32.5 Å². The number of likely N-dealkylation sites (N-methyl/N-ethyl adjacent to an activating group) is 1. The minimum Gasteiger partial charge on any atom is -0.338 e. The van der Waals surface area contributed by atoms with Gasteiger partial charge >= 0.3 is 0 Å². The lowest BCUT2D eigenvalue weighted by Gasteiger charge is -2.14. The molecule has 2 aromatic rings. The zero-order valence-electron chi connectivity index (χ0n) is 12.4. The average Bonchev–Trinajstić information content (AvgIpc) is 3.05. The Bertz CT molecular complexity index is 744. The Kier molecular flexibility index (Phi) is 3.98. The van der Waals surface area contributed by atoms with Gasteiger partial charge in [0.2, 0.25) is 15.9 Å². The van der Waals surface area contributed by atoms with Crippen LogP contribution in [0.15, 0.2) is 39.8 Å². The first-order valence-electron chi connectivity index (χ1n) is 7.03. The summed E-state index contributed by atoms with van der Waals surface area (Å²) in [6.07, 6.45) is 0.601. The second-order valence-electron chi connectivity index (χ2n) is 5.50. The minimum absolute atomic E-state index is 0.0651. The molecule has 0 spiro atoms. The highest BCUT2D eigenvalue weighted by Gasteiger charge is 2.36. The van der Waals surface area contributed by atoms with Crippen molar-refractivity contribution in [3.8, 4) is 0 Å². The Balaban J connectivity index is 1.73. The van der Waals surface area contributed by atoms with Crippen molar-refractivity contribution in [1.29, 1.82) is 0 Å². The standard InChI is InChI=1S/C14H18N4O3S/c1-10-15-14(21-16-10)13-8-11(9-18(13)2)17-22(19,20)12-6-4-3-5-7-12/h3-7,11,13,17H,8-9H2,1-2H3.